The third-order valence-corrected chi connectivity index (χ3v) is 2.83. The van der Waals surface area contributed by atoms with Crippen LogP contribution in [0.25, 0.3) is 11.2 Å². The van der Waals surface area contributed by atoms with Crippen molar-refractivity contribution in [2.45, 2.75) is 13.5 Å². The van der Waals surface area contributed by atoms with Crippen molar-refractivity contribution in [3.05, 3.63) is 33.0 Å². The van der Waals surface area contributed by atoms with Crippen LogP contribution in [0.3, 0.4) is 0 Å². The summed E-state index contributed by atoms with van der Waals surface area (Å²) in [6.07, 6.45) is 0. The zero-order valence-corrected chi connectivity index (χ0v) is 11.4. The van der Waals surface area contributed by atoms with Crippen molar-refractivity contribution in [1.29, 1.82) is 0 Å². The number of H-pyrrole nitrogens is 1. The number of fused-ring (bicyclic) bond motifs is 1. The SMILES string of the molecule is C=C(C)Cn1c(NCCO)nc2c1c(=O)[nH]c(=O)n2C. The fraction of sp³-hybridized carbons (Fsp3) is 0.417. The molecule has 0 radical (unpaired) electrons. The monoisotopic (exact) mass is 279 g/mol. The molecule has 2 aromatic rings. The van der Waals surface area contributed by atoms with E-state index >= 15 is 0 Å². The smallest absolute Gasteiger partial charge is 0.329 e. The lowest BCUT2D eigenvalue weighted by Gasteiger charge is -2.09. The molecule has 0 saturated carbocycles. The summed E-state index contributed by atoms with van der Waals surface area (Å²) in [4.78, 5) is 30.1. The Morgan fingerprint density at radius 3 is 2.80 bits per heavy atom. The second kappa shape index (κ2) is 5.33. The second-order valence-electron chi connectivity index (χ2n) is 4.62. The van der Waals surface area contributed by atoms with Crippen LogP contribution in [-0.2, 0) is 13.6 Å². The van der Waals surface area contributed by atoms with Crippen LogP contribution in [-0.4, -0.2) is 37.4 Å². The van der Waals surface area contributed by atoms with Gasteiger partial charge in [0.15, 0.2) is 11.2 Å². The Kier molecular flexibility index (Phi) is 3.75. The van der Waals surface area contributed by atoms with Gasteiger partial charge < -0.3 is 15.0 Å². The number of anilines is 1. The molecule has 0 aromatic carbocycles. The summed E-state index contributed by atoms with van der Waals surface area (Å²) in [7, 11) is 1.54. The van der Waals surface area contributed by atoms with Crippen molar-refractivity contribution >= 4 is 17.1 Å². The highest BCUT2D eigenvalue weighted by atomic mass is 16.3. The highest BCUT2D eigenvalue weighted by molar-refractivity contribution is 5.74. The standard InChI is InChI=1S/C12H17N5O3/c1-7(2)6-17-8-9(14-11(17)13-4-5-18)16(3)12(20)15-10(8)19/h18H,1,4-6H2,2-3H3,(H,13,14)(H,15,19,20). The molecular formula is C12H17N5O3. The van der Waals surface area contributed by atoms with E-state index in [0.717, 1.165) is 5.57 Å². The zero-order chi connectivity index (χ0) is 14.9. The molecule has 2 aromatic heterocycles. The number of aliphatic hydroxyl groups is 1. The van der Waals surface area contributed by atoms with Gasteiger partial charge in [0.2, 0.25) is 5.95 Å². The molecule has 0 amide bonds. The normalized spacial score (nSPS) is 10.9. The first kappa shape index (κ1) is 14.1. The molecule has 8 heteroatoms. The van der Waals surface area contributed by atoms with Crippen LogP contribution in [0.2, 0.25) is 0 Å². The minimum absolute atomic E-state index is 0.0639. The zero-order valence-electron chi connectivity index (χ0n) is 11.4. The summed E-state index contributed by atoms with van der Waals surface area (Å²) in [6.45, 7) is 6.28. The van der Waals surface area contributed by atoms with Gasteiger partial charge in [-0.05, 0) is 6.92 Å². The Hall–Kier alpha value is -2.35. The van der Waals surface area contributed by atoms with Gasteiger partial charge >= 0.3 is 5.69 Å². The molecule has 0 saturated heterocycles. The van der Waals surface area contributed by atoms with Gasteiger partial charge in [-0.25, -0.2) is 4.79 Å². The highest BCUT2D eigenvalue weighted by Gasteiger charge is 2.16. The number of nitrogens with one attached hydrogen (secondary N) is 2. The van der Waals surface area contributed by atoms with Gasteiger partial charge in [0.05, 0.1) is 6.61 Å². The minimum atomic E-state index is -0.517. The number of aryl methyl sites for hydroxylation is 1. The van der Waals surface area contributed by atoms with E-state index in [9.17, 15) is 9.59 Å². The molecule has 0 aliphatic carbocycles. The van der Waals surface area contributed by atoms with Crippen molar-refractivity contribution in [2.75, 3.05) is 18.5 Å². The summed E-state index contributed by atoms with van der Waals surface area (Å²) in [6, 6.07) is 0. The van der Waals surface area contributed by atoms with E-state index in [1.807, 2.05) is 6.92 Å². The number of aromatic nitrogens is 4. The molecule has 2 heterocycles. The Balaban J connectivity index is 2.75. The number of nitrogens with zero attached hydrogens (tertiary/aromatic N) is 3. The molecule has 2 rings (SSSR count). The van der Waals surface area contributed by atoms with E-state index < -0.39 is 11.2 Å². The van der Waals surface area contributed by atoms with E-state index in [2.05, 4.69) is 21.9 Å². The molecule has 3 N–H and O–H groups in total. The lowest BCUT2D eigenvalue weighted by Crippen LogP contribution is -2.29. The molecule has 0 fully saturated rings. The predicted octanol–water partition coefficient (Wildman–Crippen LogP) is -0.596. The number of allylic oxidation sites excluding steroid dienone is 1. The Morgan fingerprint density at radius 2 is 2.20 bits per heavy atom. The van der Waals surface area contributed by atoms with Crippen molar-refractivity contribution in [1.82, 2.24) is 19.1 Å². The van der Waals surface area contributed by atoms with E-state index in [1.165, 1.54) is 11.6 Å². The summed E-state index contributed by atoms with van der Waals surface area (Å²) >= 11 is 0. The number of aromatic amines is 1. The van der Waals surface area contributed by atoms with E-state index in [0.29, 0.717) is 30.2 Å². The maximum absolute atomic E-state index is 12.0. The maximum atomic E-state index is 12.0. The lowest BCUT2D eigenvalue weighted by atomic mass is 10.3. The molecule has 0 aliphatic rings. The van der Waals surface area contributed by atoms with Crippen LogP contribution >= 0.6 is 0 Å². The fourth-order valence-electron chi connectivity index (χ4n) is 1.96. The molecule has 108 valence electrons. The van der Waals surface area contributed by atoms with Gasteiger partial charge in [-0.15, -0.1) is 0 Å². The van der Waals surface area contributed by atoms with E-state index in [-0.39, 0.29) is 6.61 Å². The summed E-state index contributed by atoms with van der Waals surface area (Å²) in [5.74, 6) is 0.420. The van der Waals surface area contributed by atoms with Crippen LogP contribution in [0, 0.1) is 0 Å². The second-order valence-corrected chi connectivity index (χ2v) is 4.62. The van der Waals surface area contributed by atoms with Crippen molar-refractivity contribution in [3.8, 4) is 0 Å². The third-order valence-electron chi connectivity index (χ3n) is 2.83. The number of imidazole rings is 1. The average molecular weight is 279 g/mol. The van der Waals surface area contributed by atoms with Gasteiger partial charge in [0, 0.05) is 20.1 Å². The number of rotatable bonds is 5. The first-order chi connectivity index (χ1) is 9.45. The molecule has 0 aliphatic heterocycles. The quantitative estimate of drug-likeness (QED) is 0.634. The van der Waals surface area contributed by atoms with Crippen molar-refractivity contribution in [3.63, 3.8) is 0 Å². The molecule has 0 atom stereocenters. The molecular weight excluding hydrogens is 262 g/mol. The average Bonchev–Trinajstić information content (AvgIpc) is 2.72. The van der Waals surface area contributed by atoms with Crippen LogP contribution in [0.4, 0.5) is 5.95 Å². The van der Waals surface area contributed by atoms with Gasteiger partial charge in [-0.2, -0.15) is 4.98 Å². The summed E-state index contributed by atoms with van der Waals surface area (Å²) in [5, 5.41) is 11.8. The lowest BCUT2D eigenvalue weighted by molar-refractivity contribution is 0.310. The van der Waals surface area contributed by atoms with Crippen molar-refractivity contribution in [2.24, 2.45) is 7.05 Å². The Bertz CT molecular complexity index is 768. The molecule has 0 bridgehead atoms. The first-order valence-corrected chi connectivity index (χ1v) is 6.14. The van der Waals surface area contributed by atoms with Gasteiger partial charge in [-0.3, -0.25) is 14.3 Å². The Morgan fingerprint density at radius 1 is 1.50 bits per heavy atom. The van der Waals surface area contributed by atoms with Crippen LogP contribution in [0.5, 0.6) is 0 Å². The highest BCUT2D eigenvalue weighted by Crippen LogP contribution is 2.16. The summed E-state index contributed by atoms with van der Waals surface area (Å²) in [5.41, 5.74) is 0.422. The first-order valence-electron chi connectivity index (χ1n) is 6.14. The number of aliphatic hydroxyl groups excluding tert-OH is 1. The topological polar surface area (TPSA) is 105 Å². The minimum Gasteiger partial charge on any atom is -0.395 e. The van der Waals surface area contributed by atoms with Crippen molar-refractivity contribution < 1.29 is 5.11 Å². The van der Waals surface area contributed by atoms with Crippen LogP contribution in [0.15, 0.2) is 21.7 Å². The maximum Gasteiger partial charge on any atom is 0.329 e. The van der Waals surface area contributed by atoms with E-state index in [1.54, 1.807) is 4.57 Å². The number of hydrogen-bond donors (Lipinski definition) is 3. The molecule has 0 unspecified atom stereocenters. The summed E-state index contributed by atoms with van der Waals surface area (Å²) < 4.78 is 2.92. The van der Waals surface area contributed by atoms with Gasteiger partial charge in [0.25, 0.3) is 5.56 Å². The third kappa shape index (κ3) is 2.37. The largest absolute Gasteiger partial charge is 0.395 e. The van der Waals surface area contributed by atoms with Gasteiger partial charge in [-0.1, -0.05) is 12.2 Å². The molecule has 20 heavy (non-hydrogen) atoms. The van der Waals surface area contributed by atoms with Gasteiger partial charge in [0.1, 0.15) is 0 Å². The Labute approximate surface area is 114 Å². The predicted molar refractivity (Wildman–Crippen MR) is 76.0 cm³/mol. The molecule has 8 nitrogen and oxygen atoms in total. The fourth-order valence-corrected chi connectivity index (χ4v) is 1.96. The van der Waals surface area contributed by atoms with Crippen LogP contribution < -0.4 is 16.6 Å². The molecule has 0 spiro atoms. The van der Waals surface area contributed by atoms with E-state index in [4.69, 9.17) is 5.11 Å². The number of hydrogen-bond acceptors (Lipinski definition) is 5. The van der Waals surface area contributed by atoms with Crippen LogP contribution in [0.1, 0.15) is 6.92 Å².